The van der Waals surface area contributed by atoms with Crippen LogP contribution in [-0.4, -0.2) is 17.8 Å². The van der Waals surface area contributed by atoms with Gasteiger partial charge < -0.3 is 15.2 Å². The summed E-state index contributed by atoms with van der Waals surface area (Å²) >= 11 is 0. The van der Waals surface area contributed by atoms with Crippen molar-refractivity contribution >= 4 is 5.69 Å². The molecule has 3 nitrogen and oxygen atoms in total. The number of hydrogen-bond acceptors (Lipinski definition) is 3. The minimum Gasteiger partial charge on any atom is -0.494 e. The molecule has 0 amide bonds. The van der Waals surface area contributed by atoms with Crippen LogP contribution in [-0.2, 0) is 6.61 Å². The predicted molar refractivity (Wildman–Crippen MR) is 85.6 cm³/mol. The second-order valence-corrected chi connectivity index (χ2v) is 6.52. The van der Waals surface area contributed by atoms with Crippen molar-refractivity contribution in [1.29, 1.82) is 0 Å². The molecule has 0 aromatic heterocycles. The van der Waals surface area contributed by atoms with E-state index in [-0.39, 0.29) is 6.61 Å². The Morgan fingerprint density at radius 3 is 2.76 bits per heavy atom. The van der Waals surface area contributed by atoms with Crippen LogP contribution in [0, 0.1) is 11.8 Å². The molecule has 0 spiro atoms. The second kappa shape index (κ2) is 6.69. The molecule has 21 heavy (non-hydrogen) atoms. The van der Waals surface area contributed by atoms with E-state index in [1.54, 1.807) is 0 Å². The Bertz CT molecular complexity index is 470. The van der Waals surface area contributed by atoms with Crippen LogP contribution in [0.25, 0.3) is 0 Å². The molecule has 0 bridgehead atoms. The fourth-order valence-electron chi connectivity index (χ4n) is 3.68. The van der Waals surface area contributed by atoms with Crippen LogP contribution in [0.15, 0.2) is 18.2 Å². The van der Waals surface area contributed by atoms with Crippen molar-refractivity contribution in [2.75, 3.05) is 11.9 Å². The second-order valence-electron chi connectivity index (χ2n) is 6.52. The van der Waals surface area contributed by atoms with Gasteiger partial charge in [-0.1, -0.05) is 12.8 Å². The molecular formula is C18H27NO2. The molecule has 2 atom stereocenters. The summed E-state index contributed by atoms with van der Waals surface area (Å²) in [5.41, 5.74) is 1.99. The molecule has 2 fully saturated rings. The maximum Gasteiger partial charge on any atom is 0.124 e. The first-order chi connectivity index (χ1) is 10.3. The van der Waals surface area contributed by atoms with Gasteiger partial charge in [-0.3, -0.25) is 0 Å². The fourth-order valence-corrected chi connectivity index (χ4v) is 3.68. The van der Waals surface area contributed by atoms with Gasteiger partial charge in [0.15, 0.2) is 0 Å². The zero-order valence-electron chi connectivity index (χ0n) is 13.0. The van der Waals surface area contributed by atoms with Gasteiger partial charge in [0.2, 0.25) is 0 Å². The Morgan fingerprint density at radius 1 is 1.19 bits per heavy atom. The summed E-state index contributed by atoms with van der Waals surface area (Å²) in [6.45, 7) is 2.62. The average molecular weight is 289 g/mol. The van der Waals surface area contributed by atoms with Crippen LogP contribution in [0.3, 0.4) is 0 Å². The standard InChI is InChI=1S/C18H27NO2/c1-2-21-18-9-8-17(11-15(18)12-20)19-16-5-3-4-14(10-16)13-6-7-13/h8-9,11,13-14,16,19-20H,2-7,10,12H2,1H3. The molecule has 0 radical (unpaired) electrons. The third-order valence-electron chi connectivity index (χ3n) is 4.90. The predicted octanol–water partition coefficient (Wildman–Crippen LogP) is 3.96. The maximum absolute atomic E-state index is 9.49. The summed E-state index contributed by atoms with van der Waals surface area (Å²) < 4.78 is 5.54. The Balaban J connectivity index is 1.63. The lowest BCUT2D eigenvalue weighted by Gasteiger charge is -2.30. The molecule has 2 saturated carbocycles. The van der Waals surface area contributed by atoms with Gasteiger partial charge in [0.25, 0.3) is 0 Å². The van der Waals surface area contributed by atoms with E-state index in [2.05, 4.69) is 11.4 Å². The summed E-state index contributed by atoms with van der Waals surface area (Å²) in [5, 5.41) is 13.2. The minimum atomic E-state index is 0.0280. The highest BCUT2D eigenvalue weighted by molar-refractivity contribution is 5.51. The number of rotatable bonds is 6. The Labute approximate surface area is 127 Å². The van der Waals surface area contributed by atoms with Gasteiger partial charge in [-0.2, -0.15) is 0 Å². The van der Waals surface area contributed by atoms with E-state index in [0.29, 0.717) is 12.6 Å². The number of ether oxygens (including phenoxy) is 1. The Kier molecular flexibility index (Phi) is 4.69. The minimum absolute atomic E-state index is 0.0280. The van der Waals surface area contributed by atoms with Gasteiger partial charge in [-0.25, -0.2) is 0 Å². The smallest absolute Gasteiger partial charge is 0.124 e. The van der Waals surface area contributed by atoms with Crippen LogP contribution in [0.5, 0.6) is 5.75 Å². The van der Waals surface area contributed by atoms with Gasteiger partial charge in [-0.15, -0.1) is 0 Å². The monoisotopic (exact) mass is 289 g/mol. The molecule has 1 aromatic rings. The molecule has 2 unspecified atom stereocenters. The van der Waals surface area contributed by atoms with E-state index in [4.69, 9.17) is 4.74 Å². The highest BCUT2D eigenvalue weighted by Crippen LogP contribution is 2.44. The number of aliphatic hydroxyl groups excluding tert-OH is 1. The molecular weight excluding hydrogens is 262 g/mol. The first-order valence-electron chi connectivity index (χ1n) is 8.43. The third-order valence-corrected chi connectivity index (χ3v) is 4.90. The van der Waals surface area contributed by atoms with E-state index in [0.717, 1.165) is 28.8 Å². The zero-order valence-corrected chi connectivity index (χ0v) is 13.0. The molecule has 3 rings (SSSR count). The molecule has 0 saturated heterocycles. The SMILES string of the molecule is CCOc1ccc(NC2CCCC(C3CC3)C2)cc1CO. The summed E-state index contributed by atoms with van der Waals surface area (Å²) in [7, 11) is 0. The molecule has 2 aliphatic carbocycles. The van der Waals surface area contributed by atoms with Crippen LogP contribution in [0.1, 0.15) is 51.0 Å². The van der Waals surface area contributed by atoms with Crippen molar-refractivity contribution in [2.24, 2.45) is 11.8 Å². The van der Waals surface area contributed by atoms with E-state index < -0.39 is 0 Å². The number of hydrogen-bond donors (Lipinski definition) is 2. The van der Waals surface area contributed by atoms with Crippen LogP contribution >= 0.6 is 0 Å². The van der Waals surface area contributed by atoms with Crippen molar-refractivity contribution in [3.63, 3.8) is 0 Å². The number of anilines is 1. The quantitative estimate of drug-likeness (QED) is 0.833. The summed E-state index contributed by atoms with van der Waals surface area (Å²) in [6, 6.07) is 6.67. The lowest BCUT2D eigenvalue weighted by Crippen LogP contribution is -2.28. The lowest BCUT2D eigenvalue weighted by atomic mass is 9.82. The highest BCUT2D eigenvalue weighted by Gasteiger charge is 2.34. The largest absolute Gasteiger partial charge is 0.494 e. The van der Waals surface area contributed by atoms with Crippen molar-refractivity contribution in [2.45, 2.75) is 58.1 Å². The van der Waals surface area contributed by atoms with Crippen molar-refractivity contribution in [3.8, 4) is 5.75 Å². The Morgan fingerprint density at radius 2 is 2.05 bits per heavy atom. The molecule has 0 heterocycles. The fraction of sp³-hybridized carbons (Fsp3) is 0.667. The van der Waals surface area contributed by atoms with Gasteiger partial charge in [0.05, 0.1) is 13.2 Å². The van der Waals surface area contributed by atoms with Gasteiger partial charge >= 0.3 is 0 Å². The van der Waals surface area contributed by atoms with E-state index in [1.165, 1.54) is 38.5 Å². The van der Waals surface area contributed by atoms with Crippen LogP contribution in [0.2, 0.25) is 0 Å². The molecule has 0 aliphatic heterocycles. The Hall–Kier alpha value is -1.22. The highest BCUT2D eigenvalue weighted by atomic mass is 16.5. The van der Waals surface area contributed by atoms with Gasteiger partial charge in [0.1, 0.15) is 5.75 Å². The van der Waals surface area contributed by atoms with E-state index in [1.807, 2.05) is 19.1 Å². The number of nitrogens with one attached hydrogen (secondary N) is 1. The summed E-state index contributed by atoms with van der Waals surface area (Å²) in [4.78, 5) is 0. The summed E-state index contributed by atoms with van der Waals surface area (Å²) in [5.74, 6) is 2.75. The van der Waals surface area contributed by atoms with Crippen LogP contribution in [0.4, 0.5) is 5.69 Å². The molecule has 2 aliphatic rings. The van der Waals surface area contributed by atoms with Crippen molar-refractivity contribution < 1.29 is 9.84 Å². The molecule has 2 N–H and O–H groups in total. The summed E-state index contributed by atoms with van der Waals surface area (Å²) in [6.07, 6.45) is 8.26. The van der Waals surface area contributed by atoms with Gasteiger partial charge in [0, 0.05) is 17.3 Å². The first kappa shape index (κ1) is 14.7. The molecule has 1 aromatic carbocycles. The van der Waals surface area contributed by atoms with Gasteiger partial charge in [-0.05, 0) is 62.6 Å². The third kappa shape index (κ3) is 3.70. The zero-order chi connectivity index (χ0) is 14.7. The lowest BCUT2D eigenvalue weighted by molar-refractivity contribution is 0.267. The first-order valence-corrected chi connectivity index (χ1v) is 8.43. The van der Waals surface area contributed by atoms with Crippen LogP contribution < -0.4 is 10.1 Å². The molecule has 116 valence electrons. The van der Waals surface area contributed by atoms with E-state index in [9.17, 15) is 5.11 Å². The molecule has 3 heteroatoms. The average Bonchev–Trinajstić information content (AvgIpc) is 3.34. The maximum atomic E-state index is 9.49. The van der Waals surface area contributed by atoms with Crippen molar-refractivity contribution in [3.05, 3.63) is 23.8 Å². The normalized spacial score (nSPS) is 25.6. The van der Waals surface area contributed by atoms with Crippen molar-refractivity contribution in [1.82, 2.24) is 0 Å². The van der Waals surface area contributed by atoms with E-state index >= 15 is 0 Å². The number of benzene rings is 1. The number of aliphatic hydroxyl groups is 1. The topological polar surface area (TPSA) is 41.5 Å².